The van der Waals surface area contributed by atoms with Crippen LogP contribution in [0.4, 0.5) is 4.79 Å². The van der Waals surface area contributed by atoms with Crippen LogP contribution in [0.5, 0.6) is 5.75 Å². The molecule has 2 aromatic rings. The molecule has 1 aromatic carbocycles. The van der Waals surface area contributed by atoms with Gasteiger partial charge in [0.15, 0.2) is 5.82 Å². The molecule has 1 heterocycles. The Labute approximate surface area is 135 Å². The van der Waals surface area contributed by atoms with Crippen molar-refractivity contribution in [3.63, 3.8) is 0 Å². The predicted octanol–water partition coefficient (Wildman–Crippen LogP) is 1.66. The number of amides is 2. The van der Waals surface area contributed by atoms with E-state index in [4.69, 9.17) is 4.74 Å². The van der Waals surface area contributed by atoms with Gasteiger partial charge in [-0.3, -0.25) is 0 Å². The minimum absolute atomic E-state index is 0.224. The highest BCUT2D eigenvalue weighted by atomic mass is 16.5. The van der Waals surface area contributed by atoms with Crippen LogP contribution in [0.2, 0.25) is 0 Å². The van der Waals surface area contributed by atoms with E-state index in [2.05, 4.69) is 26.2 Å². The van der Waals surface area contributed by atoms with Gasteiger partial charge in [0, 0.05) is 5.54 Å². The van der Waals surface area contributed by atoms with Crippen LogP contribution in [-0.4, -0.2) is 38.4 Å². The number of hydrogen-bond acceptors (Lipinski definition) is 5. The van der Waals surface area contributed by atoms with Crippen LogP contribution in [0.15, 0.2) is 24.3 Å². The molecule has 2 amide bonds. The number of nitrogens with one attached hydrogen (secondary N) is 2. The number of carbonyl (C=O) groups is 1. The molecule has 0 bridgehead atoms. The largest absolute Gasteiger partial charge is 0.494 e. The van der Waals surface area contributed by atoms with Crippen LogP contribution in [0.1, 0.15) is 33.5 Å². The molecule has 0 saturated carbocycles. The molecule has 0 fully saturated rings. The fourth-order valence-corrected chi connectivity index (χ4v) is 1.91. The molecule has 2 rings (SSSR count). The van der Waals surface area contributed by atoms with Gasteiger partial charge in [-0.05, 0) is 62.4 Å². The average molecular weight is 318 g/mol. The van der Waals surface area contributed by atoms with E-state index in [0.29, 0.717) is 12.4 Å². The molecule has 0 atom stereocenters. The summed E-state index contributed by atoms with van der Waals surface area (Å²) in [6, 6.07) is 7.16. The Bertz CT molecular complexity index is 645. The van der Waals surface area contributed by atoms with Gasteiger partial charge in [0.05, 0.1) is 18.8 Å². The van der Waals surface area contributed by atoms with Gasteiger partial charge in [0.2, 0.25) is 0 Å². The maximum absolute atomic E-state index is 11.8. The van der Waals surface area contributed by atoms with Gasteiger partial charge in [-0.2, -0.15) is 4.68 Å². The number of rotatable bonds is 5. The fourth-order valence-electron chi connectivity index (χ4n) is 1.91. The van der Waals surface area contributed by atoms with Crippen molar-refractivity contribution >= 4 is 6.03 Å². The lowest BCUT2D eigenvalue weighted by atomic mass is 10.1. The van der Waals surface area contributed by atoms with Crippen molar-refractivity contribution < 1.29 is 9.53 Å². The molecule has 0 saturated heterocycles. The lowest BCUT2D eigenvalue weighted by molar-refractivity contribution is 0.231. The lowest BCUT2D eigenvalue weighted by Crippen LogP contribution is -2.46. The van der Waals surface area contributed by atoms with E-state index < -0.39 is 0 Å². The molecule has 1 aromatic heterocycles. The van der Waals surface area contributed by atoms with E-state index in [1.165, 1.54) is 0 Å². The Balaban J connectivity index is 2.03. The number of nitrogens with zero attached hydrogens (tertiary/aromatic N) is 4. The summed E-state index contributed by atoms with van der Waals surface area (Å²) in [4.78, 5) is 11.8. The SMILES string of the molecule is CCOc1ccc(-n2nnnc2CNC(=O)NC(C)(C)C)cc1. The molecule has 0 radical (unpaired) electrons. The van der Waals surface area contributed by atoms with Crippen LogP contribution in [-0.2, 0) is 6.54 Å². The maximum Gasteiger partial charge on any atom is 0.315 e. The molecule has 8 heteroatoms. The zero-order valence-electron chi connectivity index (χ0n) is 13.8. The summed E-state index contributed by atoms with van der Waals surface area (Å²) >= 11 is 0. The Kier molecular flexibility index (Phi) is 5.15. The highest BCUT2D eigenvalue weighted by molar-refractivity contribution is 5.74. The molecule has 0 spiro atoms. The molecule has 2 N–H and O–H groups in total. The number of aromatic nitrogens is 4. The first kappa shape index (κ1) is 16.7. The second-order valence-electron chi connectivity index (χ2n) is 5.99. The maximum atomic E-state index is 11.8. The third-order valence-electron chi connectivity index (χ3n) is 2.82. The minimum atomic E-state index is -0.300. The molecule has 0 aliphatic rings. The Hall–Kier alpha value is -2.64. The molecule has 0 unspecified atom stereocenters. The van der Waals surface area contributed by atoms with Crippen molar-refractivity contribution in [2.45, 2.75) is 39.8 Å². The first-order valence-corrected chi connectivity index (χ1v) is 7.45. The van der Waals surface area contributed by atoms with Gasteiger partial charge in [-0.15, -0.1) is 5.10 Å². The molecule has 23 heavy (non-hydrogen) atoms. The van der Waals surface area contributed by atoms with E-state index in [-0.39, 0.29) is 18.1 Å². The summed E-state index contributed by atoms with van der Waals surface area (Å²) < 4.78 is 6.98. The molecule has 8 nitrogen and oxygen atoms in total. The highest BCUT2D eigenvalue weighted by Crippen LogP contribution is 2.15. The summed E-state index contributed by atoms with van der Waals surface area (Å²) in [6.45, 7) is 8.51. The standard InChI is InChI=1S/C15H22N6O2/c1-5-23-12-8-6-11(7-9-12)21-13(18-19-20-21)10-16-14(22)17-15(2,3)4/h6-9H,5,10H2,1-4H3,(H2,16,17,22). The second-order valence-corrected chi connectivity index (χ2v) is 5.99. The van der Waals surface area contributed by atoms with E-state index in [9.17, 15) is 4.79 Å². The number of benzene rings is 1. The summed E-state index contributed by atoms with van der Waals surface area (Å²) in [5.74, 6) is 1.33. The van der Waals surface area contributed by atoms with Crippen molar-refractivity contribution in [1.29, 1.82) is 0 Å². The van der Waals surface area contributed by atoms with E-state index in [1.54, 1.807) is 4.68 Å². The predicted molar refractivity (Wildman–Crippen MR) is 85.4 cm³/mol. The van der Waals surface area contributed by atoms with E-state index in [1.807, 2.05) is 52.0 Å². The summed E-state index contributed by atoms with van der Waals surface area (Å²) in [6.07, 6.45) is 0. The Morgan fingerprint density at radius 3 is 2.57 bits per heavy atom. The Morgan fingerprint density at radius 2 is 1.96 bits per heavy atom. The van der Waals surface area contributed by atoms with Crippen molar-refractivity contribution in [1.82, 2.24) is 30.8 Å². The third-order valence-corrected chi connectivity index (χ3v) is 2.82. The fraction of sp³-hybridized carbons (Fsp3) is 0.467. The van der Waals surface area contributed by atoms with E-state index >= 15 is 0 Å². The monoisotopic (exact) mass is 318 g/mol. The smallest absolute Gasteiger partial charge is 0.315 e. The summed E-state index contributed by atoms with van der Waals surface area (Å²) in [7, 11) is 0. The quantitative estimate of drug-likeness (QED) is 0.874. The zero-order valence-corrected chi connectivity index (χ0v) is 13.8. The summed E-state index contributed by atoms with van der Waals surface area (Å²) in [5.41, 5.74) is 0.497. The Morgan fingerprint density at radius 1 is 1.26 bits per heavy atom. The molecule has 0 aliphatic heterocycles. The van der Waals surface area contributed by atoms with Gasteiger partial charge in [0.25, 0.3) is 0 Å². The van der Waals surface area contributed by atoms with Crippen LogP contribution in [0.25, 0.3) is 5.69 Å². The number of urea groups is 1. The highest BCUT2D eigenvalue weighted by Gasteiger charge is 2.15. The average Bonchev–Trinajstić information content (AvgIpc) is 2.93. The van der Waals surface area contributed by atoms with Gasteiger partial charge in [-0.25, -0.2) is 4.79 Å². The summed E-state index contributed by atoms with van der Waals surface area (Å²) in [5, 5.41) is 17.1. The normalized spacial score (nSPS) is 11.1. The van der Waals surface area contributed by atoms with Gasteiger partial charge >= 0.3 is 6.03 Å². The number of tetrazole rings is 1. The van der Waals surface area contributed by atoms with Crippen molar-refractivity contribution in [2.24, 2.45) is 0 Å². The van der Waals surface area contributed by atoms with E-state index in [0.717, 1.165) is 11.4 Å². The molecular weight excluding hydrogens is 296 g/mol. The zero-order chi connectivity index (χ0) is 16.9. The third kappa shape index (κ3) is 4.94. The van der Waals surface area contributed by atoms with Gasteiger partial charge in [-0.1, -0.05) is 0 Å². The molecule has 0 aliphatic carbocycles. The number of ether oxygens (including phenoxy) is 1. The van der Waals surface area contributed by atoms with Crippen molar-refractivity contribution in [3.8, 4) is 11.4 Å². The molecular formula is C15H22N6O2. The minimum Gasteiger partial charge on any atom is -0.494 e. The first-order valence-electron chi connectivity index (χ1n) is 7.45. The topological polar surface area (TPSA) is 94.0 Å². The van der Waals surface area contributed by atoms with Crippen molar-refractivity contribution in [2.75, 3.05) is 6.61 Å². The number of carbonyl (C=O) groups excluding carboxylic acids is 1. The van der Waals surface area contributed by atoms with Crippen LogP contribution < -0.4 is 15.4 Å². The van der Waals surface area contributed by atoms with Gasteiger partial charge in [0.1, 0.15) is 5.75 Å². The van der Waals surface area contributed by atoms with Crippen LogP contribution in [0, 0.1) is 0 Å². The van der Waals surface area contributed by atoms with Crippen LogP contribution >= 0.6 is 0 Å². The second kappa shape index (κ2) is 7.08. The van der Waals surface area contributed by atoms with Crippen molar-refractivity contribution in [3.05, 3.63) is 30.1 Å². The van der Waals surface area contributed by atoms with Crippen LogP contribution in [0.3, 0.4) is 0 Å². The lowest BCUT2D eigenvalue weighted by Gasteiger charge is -2.20. The number of hydrogen-bond donors (Lipinski definition) is 2. The van der Waals surface area contributed by atoms with Gasteiger partial charge < -0.3 is 15.4 Å². The first-order chi connectivity index (χ1) is 10.9. The molecule has 124 valence electrons.